The summed E-state index contributed by atoms with van der Waals surface area (Å²) in [6.45, 7) is 1.50. The van der Waals surface area contributed by atoms with Crippen molar-refractivity contribution in [2.24, 2.45) is 0 Å². The lowest BCUT2D eigenvalue weighted by molar-refractivity contribution is -0.139. The number of aliphatic carboxylic acids is 1. The maximum atomic E-state index is 10.9. The zero-order chi connectivity index (χ0) is 17.4. The zero-order valence-electron chi connectivity index (χ0n) is 13.8. The molecule has 0 atom stereocenters. The fourth-order valence-electron chi connectivity index (χ4n) is 3.75. The molecule has 132 valence electrons. The van der Waals surface area contributed by atoms with E-state index in [1.807, 2.05) is 16.8 Å². The number of nitrogens with one attached hydrogen (secondary N) is 1. The molecule has 2 aliphatic rings. The van der Waals surface area contributed by atoms with Gasteiger partial charge in [0.25, 0.3) is 0 Å². The molecule has 1 aromatic heterocycles. The van der Waals surface area contributed by atoms with Gasteiger partial charge >= 0.3 is 5.97 Å². The Labute approximate surface area is 150 Å². The minimum Gasteiger partial charge on any atom is -0.482 e. The van der Waals surface area contributed by atoms with Crippen molar-refractivity contribution < 1.29 is 14.6 Å². The molecule has 0 bridgehead atoms. The van der Waals surface area contributed by atoms with Crippen LogP contribution in [0.5, 0.6) is 5.75 Å². The maximum Gasteiger partial charge on any atom is 0.341 e. The van der Waals surface area contributed by atoms with Crippen LogP contribution in [0.25, 0.3) is 0 Å². The Morgan fingerprint density at radius 1 is 1.36 bits per heavy atom. The molecule has 1 saturated carbocycles. The van der Waals surface area contributed by atoms with Crippen LogP contribution in [0, 0.1) is 0 Å². The second kappa shape index (κ2) is 6.26. The predicted molar refractivity (Wildman–Crippen MR) is 94.5 cm³/mol. The number of rotatable bonds is 5. The van der Waals surface area contributed by atoms with E-state index >= 15 is 0 Å². The Morgan fingerprint density at radius 2 is 2.20 bits per heavy atom. The molecule has 0 amide bonds. The monoisotopic (exact) mass is 361 g/mol. The van der Waals surface area contributed by atoms with Gasteiger partial charge in [-0.05, 0) is 31.4 Å². The largest absolute Gasteiger partial charge is 0.482 e. The second-order valence-corrected chi connectivity index (χ2v) is 7.11. The number of aryl methyl sites for hydroxylation is 1. The molecule has 0 unspecified atom stereocenters. The van der Waals surface area contributed by atoms with E-state index in [0.29, 0.717) is 10.8 Å². The van der Waals surface area contributed by atoms with Crippen molar-refractivity contribution >= 4 is 23.4 Å². The van der Waals surface area contributed by atoms with Gasteiger partial charge in [-0.3, -0.25) is 0 Å². The first-order valence-corrected chi connectivity index (χ1v) is 8.93. The summed E-state index contributed by atoms with van der Waals surface area (Å²) in [7, 11) is 0. The first-order chi connectivity index (χ1) is 12.1. The molecule has 1 aromatic carbocycles. The molecule has 4 rings (SSSR count). The van der Waals surface area contributed by atoms with Gasteiger partial charge in [0.1, 0.15) is 11.6 Å². The minimum atomic E-state index is -1.00. The highest BCUT2D eigenvalue weighted by Crippen LogP contribution is 2.52. The van der Waals surface area contributed by atoms with Crippen molar-refractivity contribution in [2.45, 2.75) is 37.6 Å². The molecule has 25 heavy (non-hydrogen) atoms. The van der Waals surface area contributed by atoms with Crippen molar-refractivity contribution in [1.82, 2.24) is 9.78 Å². The third-order valence-corrected chi connectivity index (χ3v) is 5.38. The number of carboxylic acid groups (broad SMARTS) is 1. The second-order valence-electron chi connectivity index (χ2n) is 6.68. The summed E-state index contributed by atoms with van der Waals surface area (Å²) in [5.41, 5.74) is 1.76. The quantitative estimate of drug-likeness (QED) is 0.854. The average Bonchev–Trinajstić information content (AvgIpc) is 2.97. The summed E-state index contributed by atoms with van der Waals surface area (Å²) in [4.78, 5) is 10.9. The lowest BCUT2D eigenvalue weighted by Gasteiger charge is -2.41. The minimum absolute atomic E-state index is 0.232. The first kappa shape index (κ1) is 16.3. The number of halogens is 1. The number of anilines is 1. The molecule has 2 N–H and O–H groups in total. The lowest BCUT2D eigenvalue weighted by Crippen LogP contribution is -2.36. The summed E-state index contributed by atoms with van der Waals surface area (Å²) < 4.78 is 7.57. The van der Waals surface area contributed by atoms with Crippen LogP contribution in [0.2, 0.25) is 5.02 Å². The van der Waals surface area contributed by atoms with Crippen LogP contribution in [-0.4, -0.2) is 34.0 Å². The third kappa shape index (κ3) is 2.84. The standard InChI is InChI=1S/C18H20ClN3O3/c19-12-3-4-13(14(9-12)25-11-17(23)24)18(5-1-6-18)15-10-16-20-7-2-8-22(16)21-15/h3-4,9-10,20H,1-2,5-8,11H2,(H,23,24). The van der Waals surface area contributed by atoms with Crippen molar-refractivity contribution in [1.29, 1.82) is 0 Å². The number of benzene rings is 1. The van der Waals surface area contributed by atoms with Gasteiger partial charge in [-0.1, -0.05) is 24.1 Å². The van der Waals surface area contributed by atoms with Crippen LogP contribution in [0.3, 0.4) is 0 Å². The Hall–Kier alpha value is -2.21. The molecular weight excluding hydrogens is 342 g/mol. The van der Waals surface area contributed by atoms with Crippen molar-refractivity contribution in [3.8, 4) is 5.75 Å². The lowest BCUT2D eigenvalue weighted by atomic mass is 9.62. The van der Waals surface area contributed by atoms with Gasteiger partial charge in [-0.2, -0.15) is 5.10 Å². The molecule has 0 saturated heterocycles. The molecule has 2 heterocycles. The molecule has 7 heteroatoms. The molecule has 0 spiro atoms. The fourth-order valence-corrected chi connectivity index (χ4v) is 3.91. The predicted octanol–water partition coefficient (Wildman–Crippen LogP) is 3.29. The van der Waals surface area contributed by atoms with Crippen LogP contribution in [-0.2, 0) is 16.8 Å². The molecule has 0 radical (unpaired) electrons. The first-order valence-electron chi connectivity index (χ1n) is 8.55. The molecule has 6 nitrogen and oxygen atoms in total. The van der Waals surface area contributed by atoms with Gasteiger partial charge in [-0.15, -0.1) is 0 Å². The topological polar surface area (TPSA) is 76.4 Å². The van der Waals surface area contributed by atoms with Gasteiger partial charge in [0, 0.05) is 35.2 Å². The van der Waals surface area contributed by atoms with E-state index in [0.717, 1.165) is 55.8 Å². The number of carboxylic acids is 1. The van der Waals surface area contributed by atoms with Gasteiger partial charge in [0.05, 0.1) is 5.69 Å². The highest BCUT2D eigenvalue weighted by atomic mass is 35.5. The Kier molecular flexibility index (Phi) is 4.07. The summed E-state index contributed by atoms with van der Waals surface area (Å²) in [5, 5.41) is 17.7. The van der Waals surface area contributed by atoms with Crippen molar-refractivity contribution in [3.05, 3.63) is 40.5 Å². The number of carbonyl (C=O) groups is 1. The highest BCUT2D eigenvalue weighted by Gasteiger charge is 2.45. The van der Waals surface area contributed by atoms with Crippen LogP contribution in [0.15, 0.2) is 24.3 Å². The Morgan fingerprint density at radius 3 is 2.88 bits per heavy atom. The van der Waals surface area contributed by atoms with Gasteiger partial charge in [0.2, 0.25) is 0 Å². The normalized spacial score (nSPS) is 18.0. The van der Waals surface area contributed by atoms with E-state index in [1.165, 1.54) is 0 Å². The van der Waals surface area contributed by atoms with Crippen LogP contribution >= 0.6 is 11.6 Å². The number of aromatic nitrogens is 2. The summed E-state index contributed by atoms with van der Waals surface area (Å²) in [6, 6.07) is 7.60. The Balaban J connectivity index is 1.75. The number of hydrogen-bond donors (Lipinski definition) is 2. The van der Waals surface area contributed by atoms with Gasteiger partial charge < -0.3 is 15.2 Å². The fraction of sp³-hybridized carbons (Fsp3) is 0.444. The van der Waals surface area contributed by atoms with Crippen LogP contribution < -0.4 is 10.1 Å². The van der Waals surface area contributed by atoms with Gasteiger partial charge in [-0.25, -0.2) is 9.48 Å². The number of ether oxygens (including phenoxy) is 1. The van der Waals surface area contributed by atoms with E-state index in [2.05, 4.69) is 11.4 Å². The van der Waals surface area contributed by atoms with Gasteiger partial charge in [0.15, 0.2) is 6.61 Å². The number of hydrogen-bond acceptors (Lipinski definition) is 4. The smallest absolute Gasteiger partial charge is 0.341 e. The third-order valence-electron chi connectivity index (χ3n) is 5.14. The molecular formula is C18H20ClN3O3. The van der Waals surface area contributed by atoms with Crippen LogP contribution in [0.4, 0.5) is 5.82 Å². The van der Waals surface area contributed by atoms with E-state index < -0.39 is 5.97 Å². The maximum absolute atomic E-state index is 10.9. The molecule has 1 aliphatic carbocycles. The van der Waals surface area contributed by atoms with E-state index in [-0.39, 0.29) is 12.0 Å². The van der Waals surface area contributed by atoms with E-state index in [1.54, 1.807) is 6.07 Å². The highest BCUT2D eigenvalue weighted by molar-refractivity contribution is 6.30. The molecule has 2 aromatic rings. The van der Waals surface area contributed by atoms with Crippen molar-refractivity contribution in [3.63, 3.8) is 0 Å². The van der Waals surface area contributed by atoms with Crippen LogP contribution in [0.1, 0.15) is 36.9 Å². The summed E-state index contributed by atoms with van der Waals surface area (Å²) in [6.07, 6.45) is 4.11. The Bertz CT molecular complexity index is 790. The van der Waals surface area contributed by atoms with Crippen molar-refractivity contribution in [2.75, 3.05) is 18.5 Å². The van der Waals surface area contributed by atoms with E-state index in [9.17, 15) is 4.79 Å². The molecule has 1 aliphatic heterocycles. The van der Waals surface area contributed by atoms with E-state index in [4.69, 9.17) is 26.5 Å². The number of fused-ring (bicyclic) bond motifs is 1. The SMILES string of the molecule is O=C(O)COc1cc(Cl)ccc1C1(c2cc3n(n2)CCCN3)CCC1. The average molecular weight is 362 g/mol. The number of nitrogens with zero attached hydrogens (tertiary/aromatic N) is 2. The summed E-state index contributed by atoms with van der Waals surface area (Å²) in [5.74, 6) is 0.582. The zero-order valence-corrected chi connectivity index (χ0v) is 14.6. The summed E-state index contributed by atoms with van der Waals surface area (Å²) >= 11 is 6.11. The molecule has 1 fully saturated rings.